The van der Waals surface area contributed by atoms with Gasteiger partial charge in [0.25, 0.3) is 0 Å². The largest absolute Gasteiger partial charge is 0.462 e. The molecule has 0 spiro atoms. The minimum absolute atomic E-state index is 0.206. The molecule has 70 valence electrons. The molecule has 0 amide bonds. The van der Waals surface area contributed by atoms with E-state index in [1.165, 1.54) is 0 Å². The molecule has 0 aliphatic heterocycles. The minimum Gasteiger partial charge on any atom is -0.462 e. The van der Waals surface area contributed by atoms with Gasteiger partial charge in [0.2, 0.25) is 0 Å². The lowest BCUT2D eigenvalue weighted by Crippen LogP contribution is -2.05. The number of hydrogen-bond acceptors (Lipinski definition) is 2. The lowest BCUT2D eigenvalue weighted by atomic mass is 10.4. The van der Waals surface area contributed by atoms with E-state index in [2.05, 4.69) is 52.1 Å². The van der Waals surface area contributed by atoms with Gasteiger partial charge in [-0.15, -0.1) is 0 Å². The third-order valence-corrected chi connectivity index (χ3v) is 5.20. The Bertz CT molecular complexity index is 185. The number of halogens is 3. The Morgan fingerprint density at radius 2 is 1.92 bits per heavy atom. The third kappa shape index (κ3) is 5.95. The van der Waals surface area contributed by atoms with Crippen LogP contribution >= 0.6 is 67.8 Å². The van der Waals surface area contributed by atoms with Crippen molar-refractivity contribution < 1.29 is 9.53 Å². The first kappa shape index (κ1) is 13.4. The summed E-state index contributed by atoms with van der Waals surface area (Å²) < 4.78 is 6.61. The summed E-state index contributed by atoms with van der Waals surface area (Å²) in [5.74, 6) is -0.206. The summed E-state index contributed by atoms with van der Waals surface area (Å²) in [4.78, 5) is 11.2. The maximum absolute atomic E-state index is 11.2. The van der Waals surface area contributed by atoms with Crippen LogP contribution in [0, 0.1) is 0 Å². The van der Waals surface area contributed by atoms with E-state index in [0.717, 1.165) is 14.4 Å². The summed E-state index contributed by atoms with van der Waals surface area (Å²) in [6.07, 6.45) is 1.99. The van der Waals surface area contributed by atoms with Crippen LogP contribution in [-0.4, -0.2) is 12.6 Å². The van der Waals surface area contributed by atoms with Gasteiger partial charge in [0.05, 0.1) is 8.19 Å². The molecule has 0 rings (SSSR count). The first-order valence-corrected chi connectivity index (χ1v) is 6.71. The second-order valence-electron chi connectivity index (χ2n) is 2.06. The molecule has 0 fully saturated rings. The molecule has 0 saturated heterocycles. The summed E-state index contributed by atoms with van der Waals surface area (Å²) in [5, 5.41) is 0. The van der Waals surface area contributed by atoms with Crippen molar-refractivity contribution in [2.24, 2.45) is 0 Å². The summed E-state index contributed by atoms with van der Waals surface area (Å²) >= 11 is 6.20. The highest BCUT2D eigenvalue weighted by Crippen LogP contribution is 2.26. The van der Waals surface area contributed by atoms with E-state index in [4.69, 9.17) is 4.74 Å². The molecule has 0 unspecified atom stereocenters. The topological polar surface area (TPSA) is 26.3 Å². The average molecular weight is 506 g/mol. The lowest BCUT2D eigenvalue weighted by Gasteiger charge is -2.02. The van der Waals surface area contributed by atoms with Crippen molar-refractivity contribution in [2.75, 3.05) is 6.61 Å². The van der Waals surface area contributed by atoms with Gasteiger partial charge in [-0.05, 0) is 74.2 Å². The summed E-state index contributed by atoms with van der Waals surface area (Å²) in [7, 11) is 0. The molecule has 0 aliphatic carbocycles. The molecule has 0 heterocycles. The van der Waals surface area contributed by atoms with E-state index in [1.54, 1.807) is 0 Å². The summed E-state index contributed by atoms with van der Waals surface area (Å²) in [6, 6.07) is 0. The molecule has 0 saturated carbocycles. The van der Waals surface area contributed by atoms with Gasteiger partial charge in [0.1, 0.15) is 3.58 Å². The molecule has 0 aromatic rings. The SMILES string of the molecule is CCCCOC(=O)C(I)=C(I)I. The number of hydrogen-bond donors (Lipinski definition) is 0. The van der Waals surface area contributed by atoms with Gasteiger partial charge in [-0.2, -0.15) is 0 Å². The van der Waals surface area contributed by atoms with Crippen molar-refractivity contribution in [3.63, 3.8) is 0 Å². The number of esters is 1. The number of carbonyl (C=O) groups is 1. The lowest BCUT2D eigenvalue weighted by molar-refractivity contribution is -0.138. The second kappa shape index (κ2) is 7.77. The van der Waals surface area contributed by atoms with Crippen molar-refractivity contribution in [1.82, 2.24) is 0 Å². The molecular formula is C7H9I3O2. The van der Waals surface area contributed by atoms with Crippen LogP contribution in [0.3, 0.4) is 0 Å². The molecule has 5 heteroatoms. The van der Waals surface area contributed by atoms with Crippen LogP contribution in [-0.2, 0) is 9.53 Å². The van der Waals surface area contributed by atoms with Gasteiger partial charge in [0.15, 0.2) is 0 Å². The van der Waals surface area contributed by atoms with Crippen molar-refractivity contribution in [3.8, 4) is 0 Å². The van der Waals surface area contributed by atoms with Gasteiger partial charge in [0, 0.05) is 0 Å². The fourth-order valence-corrected chi connectivity index (χ4v) is 1.05. The van der Waals surface area contributed by atoms with Crippen LogP contribution in [0.4, 0.5) is 0 Å². The van der Waals surface area contributed by atoms with Gasteiger partial charge < -0.3 is 4.74 Å². The standard InChI is InChI=1S/C7H9I3O2/c1-2-3-4-12-7(11)5(8)6(9)10/h2-4H2,1H3. The Hall–Kier alpha value is 1.40. The average Bonchev–Trinajstić information content (AvgIpc) is 2.03. The number of rotatable bonds is 4. The minimum atomic E-state index is -0.206. The second-order valence-corrected chi connectivity index (χ2v) is 7.36. The van der Waals surface area contributed by atoms with Gasteiger partial charge >= 0.3 is 5.97 Å². The zero-order valence-electron chi connectivity index (χ0n) is 6.57. The molecule has 0 N–H and O–H groups in total. The Balaban J connectivity index is 3.81. The maximum Gasteiger partial charge on any atom is 0.345 e. The molecule has 0 bridgehead atoms. The fourth-order valence-electron chi connectivity index (χ4n) is 0.450. The van der Waals surface area contributed by atoms with Crippen LogP contribution < -0.4 is 0 Å². The summed E-state index contributed by atoms with van der Waals surface area (Å²) in [6.45, 7) is 2.60. The van der Waals surface area contributed by atoms with Gasteiger partial charge in [-0.1, -0.05) is 13.3 Å². The molecule has 0 aromatic heterocycles. The number of ether oxygens (including phenoxy) is 1. The van der Waals surface area contributed by atoms with Crippen LogP contribution in [0.25, 0.3) is 0 Å². The highest BCUT2D eigenvalue weighted by atomic mass is 127. The Kier molecular flexibility index (Phi) is 8.68. The first-order valence-electron chi connectivity index (χ1n) is 3.47. The van der Waals surface area contributed by atoms with E-state index >= 15 is 0 Å². The smallest absolute Gasteiger partial charge is 0.345 e. The van der Waals surface area contributed by atoms with Crippen molar-refractivity contribution in [2.45, 2.75) is 19.8 Å². The Labute approximate surface area is 113 Å². The monoisotopic (exact) mass is 506 g/mol. The number of unbranched alkanes of at least 4 members (excludes halogenated alkanes) is 1. The first-order chi connectivity index (χ1) is 5.59. The van der Waals surface area contributed by atoms with Crippen molar-refractivity contribution in [1.29, 1.82) is 0 Å². The molecule has 0 aliphatic rings. The van der Waals surface area contributed by atoms with Crippen LogP contribution in [0.15, 0.2) is 5.17 Å². The molecule has 0 aromatic carbocycles. The van der Waals surface area contributed by atoms with Crippen molar-refractivity contribution >= 4 is 73.7 Å². The zero-order chi connectivity index (χ0) is 9.56. The van der Waals surface area contributed by atoms with E-state index < -0.39 is 0 Å². The van der Waals surface area contributed by atoms with Crippen LogP contribution in [0.2, 0.25) is 0 Å². The predicted octanol–water partition coefficient (Wildman–Crippen LogP) is 3.80. The Morgan fingerprint density at radius 3 is 2.33 bits per heavy atom. The molecule has 12 heavy (non-hydrogen) atoms. The van der Waals surface area contributed by atoms with Gasteiger partial charge in [-0.25, -0.2) is 4.79 Å². The van der Waals surface area contributed by atoms with Crippen LogP contribution in [0.1, 0.15) is 19.8 Å². The van der Waals surface area contributed by atoms with Crippen LogP contribution in [0.5, 0.6) is 0 Å². The molecule has 0 radical (unpaired) electrons. The highest BCUT2D eigenvalue weighted by molar-refractivity contribution is 14.2. The molecular weight excluding hydrogens is 497 g/mol. The van der Waals surface area contributed by atoms with Crippen molar-refractivity contribution in [3.05, 3.63) is 5.17 Å². The fraction of sp³-hybridized carbons (Fsp3) is 0.571. The highest BCUT2D eigenvalue weighted by Gasteiger charge is 2.09. The maximum atomic E-state index is 11.2. The van der Waals surface area contributed by atoms with E-state index in [9.17, 15) is 4.79 Å². The predicted molar refractivity (Wildman–Crippen MR) is 75.0 cm³/mol. The normalized spacial score (nSPS) is 9.33. The summed E-state index contributed by atoms with van der Waals surface area (Å²) in [5.41, 5.74) is 0. The van der Waals surface area contributed by atoms with E-state index in [-0.39, 0.29) is 5.97 Å². The van der Waals surface area contributed by atoms with E-state index in [0.29, 0.717) is 10.2 Å². The quantitative estimate of drug-likeness (QED) is 0.251. The van der Waals surface area contributed by atoms with Gasteiger partial charge in [-0.3, -0.25) is 0 Å². The molecule has 2 nitrogen and oxygen atoms in total. The third-order valence-electron chi connectivity index (χ3n) is 1.08. The zero-order valence-corrected chi connectivity index (χ0v) is 13.0. The number of carbonyl (C=O) groups excluding carboxylic acids is 1. The molecule has 0 atom stereocenters. The van der Waals surface area contributed by atoms with E-state index in [1.807, 2.05) is 22.6 Å². The Morgan fingerprint density at radius 1 is 1.33 bits per heavy atom.